The summed E-state index contributed by atoms with van der Waals surface area (Å²) in [6.07, 6.45) is 4.78. The first-order chi connectivity index (χ1) is 9.65. The first-order valence-electron chi connectivity index (χ1n) is 7.21. The second-order valence-electron chi connectivity index (χ2n) is 5.62. The quantitative estimate of drug-likeness (QED) is 0.874. The summed E-state index contributed by atoms with van der Waals surface area (Å²) >= 11 is 12.3. The summed E-state index contributed by atoms with van der Waals surface area (Å²) in [6.45, 7) is 0.634. The number of benzene rings is 1. The van der Waals surface area contributed by atoms with E-state index in [1.807, 2.05) is 6.07 Å². The Kier molecular flexibility index (Phi) is 4.41. The van der Waals surface area contributed by atoms with E-state index in [1.165, 1.54) is 6.42 Å². The molecule has 3 rings (SSSR count). The topological polar surface area (TPSA) is 41.5 Å². The molecule has 0 aromatic heterocycles. The van der Waals surface area contributed by atoms with Gasteiger partial charge in [-0.15, -0.1) is 0 Å². The van der Waals surface area contributed by atoms with E-state index < -0.39 is 0 Å². The van der Waals surface area contributed by atoms with Crippen molar-refractivity contribution in [2.75, 3.05) is 6.61 Å². The molecule has 3 atom stereocenters. The van der Waals surface area contributed by atoms with Crippen LogP contribution in [0.15, 0.2) is 12.1 Å². The van der Waals surface area contributed by atoms with Gasteiger partial charge in [0.1, 0.15) is 5.75 Å². The summed E-state index contributed by atoms with van der Waals surface area (Å²) in [6, 6.07) is 3.92. The van der Waals surface area contributed by atoms with Gasteiger partial charge < -0.3 is 15.2 Å². The fourth-order valence-electron chi connectivity index (χ4n) is 3.16. The average molecular weight is 316 g/mol. The normalized spacial score (nSPS) is 29.6. The lowest BCUT2D eigenvalue weighted by Crippen LogP contribution is -2.44. The molecule has 0 bridgehead atoms. The highest BCUT2D eigenvalue weighted by Crippen LogP contribution is 2.40. The SMILES string of the molecule is OC1CCCCC1NC1CCOc2c(Cl)cc(Cl)cc21. The summed E-state index contributed by atoms with van der Waals surface area (Å²) < 4.78 is 5.66. The van der Waals surface area contributed by atoms with Gasteiger partial charge in [0, 0.05) is 29.1 Å². The molecule has 0 amide bonds. The van der Waals surface area contributed by atoms with Crippen LogP contribution in [0.4, 0.5) is 0 Å². The molecule has 0 saturated heterocycles. The fourth-order valence-corrected chi connectivity index (χ4v) is 3.73. The van der Waals surface area contributed by atoms with Gasteiger partial charge in [-0.3, -0.25) is 0 Å². The van der Waals surface area contributed by atoms with Gasteiger partial charge in [0.2, 0.25) is 0 Å². The van der Waals surface area contributed by atoms with Crippen LogP contribution in [0.5, 0.6) is 5.75 Å². The predicted molar refractivity (Wildman–Crippen MR) is 80.7 cm³/mol. The third kappa shape index (κ3) is 2.91. The maximum atomic E-state index is 10.1. The summed E-state index contributed by atoms with van der Waals surface area (Å²) in [5.41, 5.74) is 1.01. The molecule has 110 valence electrons. The molecule has 1 aliphatic carbocycles. The molecule has 1 aliphatic heterocycles. The van der Waals surface area contributed by atoms with Crippen LogP contribution in [0.1, 0.15) is 43.7 Å². The molecule has 2 N–H and O–H groups in total. The van der Waals surface area contributed by atoms with Crippen LogP contribution in [0, 0.1) is 0 Å². The minimum absolute atomic E-state index is 0.146. The van der Waals surface area contributed by atoms with Gasteiger partial charge in [0.05, 0.1) is 17.7 Å². The van der Waals surface area contributed by atoms with E-state index >= 15 is 0 Å². The Bertz CT molecular complexity index is 495. The third-order valence-corrected chi connectivity index (χ3v) is 4.71. The fraction of sp³-hybridized carbons (Fsp3) is 0.600. The third-order valence-electron chi connectivity index (χ3n) is 4.21. The number of fused-ring (bicyclic) bond motifs is 1. The molecule has 0 spiro atoms. The molecular formula is C15H19Cl2NO2. The van der Waals surface area contributed by atoms with Crippen LogP contribution >= 0.6 is 23.2 Å². The van der Waals surface area contributed by atoms with E-state index in [9.17, 15) is 5.11 Å². The van der Waals surface area contributed by atoms with E-state index in [0.717, 1.165) is 37.0 Å². The van der Waals surface area contributed by atoms with E-state index in [4.69, 9.17) is 27.9 Å². The van der Waals surface area contributed by atoms with Crippen molar-refractivity contribution in [3.05, 3.63) is 27.7 Å². The number of aliphatic hydroxyl groups is 1. The summed E-state index contributed by atoms with van der Waals surface area (Å²) in [7, 11) is 0. The monoisotopic (exact) mass is 315 g/mol. The Morgan fingerprint density at radius 3 is 2.75 bits per heavy atom. The van der Waals surface area contributed by atoms with Gasteiger partial charge >= 0.3 is 0 Å². The molecule has 1 aromatic rings. The van der Waals surface area contributed by atoms with Crippen molar-refractivity contribution >= 4 is 23.2 Å². The Balaban J connectivity index is 1.82. The first kappa shape index (κ1) is 14.5. The van der Waals surface area contributed by atoms with Crippen molar-refractivity contribution in [2.45, 2.75) is 50.3 Å². The van der Waals surface area contributed by atoms with E-state index in [1.54, 1.807) is 6.07 Å². The number of halogens is 2. The summed E-state index contributed by atoms with van der Waals surface area (Å²) in [5.74, 6) is 0.727. The Morgan fingerprint density at radius 2 is 1.95 bits per heavy atom. The van der Waals surface area contributed by atoms with Gasteiger partial charge in [-0.25, -0.2) is 0 Å². The van der Waals surface area contributed by atoms with Crippen molar-refractivity contribution < 1.29 is 9.84 Å². The zero-order chi connectivity index (χ0) is 14.1. The smallest absolute Gasteiger partial charge is 0.142 e. The van der Waals surface area contributed by atoms with Crippen LogP contribution < -0.4 is 10.1 Å². The highest BCUT2D eigenvalue weighted by atomic mass is 35.5. The maximum Gasteiger partial charge on any atom is 0.142 e. The highest BCUT2D eigenvalue weighted by molar-refractivity contribution is 6.35. The van der Waals surface area contributed by atoms with E-state index in [0.29, 0.717) is 16.7 Å². The lowest BCUT2D eigenvalue weighted by atomic mass is 9.90. The average Bonchev–Trinajstić information content (AvgIpc) is 2.42. The molecule has 3 unspecified atom stereocenters. The molecule has 2 aliphatic rings. The zero-order valence-corrected chi connectivity index (χ0v) is 12.8. The predicted octanol–water partition coefficient (Wildman–Crippen LogP) is 3.71. The van der Waals surface area contributed by atoms with Gasteiger partial charge in [0.15, 0.2) is 0 Å². The molecule has 0 radical (unpaired) electrons. The standard InChI is InChI=1S/C15H19Cl2NO2/c16-9-7-10-12(5-6-20-15(10)11(17)8-9)18-13-3-1-2-4-14(13)19/h7-8,12-14,18-19H,1-6H2. The molecule has 1 aromatic carbocycles. The second kappa shape index (κ2) is 6.10. The minimum Gasteiger partial charge on any atom is -0.492 e. The Hall–Kier alpha value is -0.480. The number of hydrogen-bond donors (Lipinski definition) is 2. The molecule has 20 heavy (non-hydrogen) atoms. The van der Waals surface area contributed by atoms with Crippen LogP contribution in [0.2, 0.25) is 10.0 Å². The lowest BCUT2D eigenvalue weighted by molar-refractivity contribution is 0.0805. The van der Waals surface area contributed by atoms with Crippen molar-refractivity contribution in [3.63, 3.8) is 0 Å². The van der Waals surface area contributed by atoms with Gasteiger partial charge in [-0.2, -0.15) is 0 Å². The van der Waals surface area contributed by atoms with Crippen LogP contribution in [0.3, 0.4) is 0 Å². The van der Waals surface area contributed by atoms with Gasteiger partial charge in [-0.1, -0.05) is 36.0 Å². The lowest BCUT2D eigenvalue weighted by Gasteiger charge is -2.35. The molecule has 1 fully saturated rings. The maximum absolute atomic E-state index is 10.1. The van der Waals surface area contributed by atoms with Crippen LogP contribution in [-0.4, -0.2) is 23.9 Å². The van der Waals surface area contributed by atoms with Crippen molar-refractivity contribution in [3.8, 4) is 5.75 Å². The first-order valence-corrected chi connectivity index (χ1v) is 7.96. The number of ether oxygens (including phenoxy) is 1. The number of aliphatic hydroxyl groups excluding tert-OH is 1. The second-order valence-corrected chi connectivity index (χ2v) is 6.46. The minimum atomic E-state index is -0.260. The van der Waals surface area contributed by atoms with Crippen molar-refractivity contribution in [1.82, 2.24) is 5.32 Å². The molecule has 3 nitrogen and oxygen atoms in total. The zero-order valence-electron chi connectivity index (χ0n) is 11.2. The van der Waals surface area contributed by atoms with Gasteiger partial charge in [0.25, 0.3) is 0 Å². The largest absolute Gasteiger partial charge is 0.492 e. The van der Waals surface area contributed by atoms with Gasteiger partial charge in [-0.05, 0) is 25.0 Å². The molecule has 1 heterocycles. The Morgan fingerprint density at radius 1 is 1.15 bits per heavy atom. The van der Waals surface area contributed by atoms with Crippen LogP contribution in [0.25, 0.3) is 0 Å². The molecular weight excluding hydrogens is 297 g/mol. The summed E-state index contributed by atoms with van der Waals surface area (Å²) in [5, 5.41) is 14.9. The van der Waals surface area contributed by atoms with Crippen LogP contribution in [-0.2, 0) is 0 Å². The summed E-state index contributed by atoms with van der Waals surface area (Å²) in [4.78, 5) is 0. The Labute approximate surface area is 129 Å². The van der Waals surface area contributed by atoms with Crippen molar-refractivity contribution in [2.24, 2.45) is 0 Å². The highest BCUT2D eigenvalue weighted by Gasteiger charge is 2.30. The molecule has 5 heteroatoms. The molecule has 1 saturated carbocycles. The number of rotatable bonds is 2. The van der Waals surface area contributed by atoms with E-state index in [-0.39, 0.29) is 18.2 Å². The number of nitrogens with one attached hydrogen (secondary N) is 1. The van der Waals surface area contributed by atoms with Crippen molar-refractivity contribution in [1.29, 1.82) is 0 Å². The van der Waals surface area contributed by atoms with E-state index in [2.05, 4.69) is 5.32 Å². The number of hydrogen-bond acceptors (Lipinski definition) is 3.